The molecule has 0 unspecified atom stereocenters. The van der Waals surface area contributed by atoms with E-state index in [-0.39, 0.29) is 16.4 Å². The smallest absolute Gasteiger partial charge is 0.271 e. The second-order valence-electron chi connectivity index (χ2n) is 6.76. The van der Waals surface area contributed by atoms with Crippen molar-refractivity contribution in [3.63, 3.8) is 0 Å². The molecular weight excluding hydrogens is 402 g/mol. The van der Waals surface area contributed by atoms with E-state index in [1.54, 1.807) is 6.07 Å². The molecule has 4 rings (SSSR count). The number of non-ortho nitro benzene ring substituents is 1. The van der Waals surface area contributed by atoms with Gasteiger partial charge in [0.05, 0.1) is 32.4 Å². The van der Waals surface area contributed by atoms with Crippen LogP contribution >= 0.6 is 11.6 Å². The maximum atomic E-state index is 13.2. The second kappa shape index (κ2) is 7.93. The van der Waals surface area contributed by atoms with Crippen molar-refractivity contribution in [3.05, 3.63) is 99.1 Å². The standard InChI is InChI=1S/C23H16ClN3O3/c1-14-6-2-3-7-16(14)21-13-18(17-8-4-5-9-20(17)25-21)23(28)26-22-12-15(27(29)30)10-11-19(22)24/h2-13H,1H3,(H,26,28). The third-order valence-corrected chi connectivity index (χ3v) is 5.12. The Kier molecular flexibility index (Phi) is 5.16. The van der Waals surface area contributed by atoms with Crippen LogP contribution in [0.5, 0.6) is 0 Å². The summed E-state index contributed by atoms with van der Waals surface area (Å²) in [6, 6.07) is 20.8. The summed E-state index contributed by atoms with van der Waals surface area (Å²) in [6.07, 6.45) is 0. The summed E-state index contributed by atoms with van der Waals surface area (Å²) in [7, 11) is 0. The molecule has 0 saturated carbocycles. The first kappa shape index (κ1) is 19.5. The molecule has 0 aliphatic carbocycles. The number of hydrogen-bond acceptors (Lipinski definition) is 4. The van der Waals surface area contributed by atoms with Crippen molar-refractivity contribution in [2.24, 2.45) is 0 Å². The zero-order chi connectivity index (χ0) is 21.3. The third kappa shape index (κ3) is 3.73. The monoisotopic (exact) mass is 417 g/mol. The zero-order valence-electron chi connectivity index (χ0n) is 15.9. The average Bonchev–Trinajstić information content (AvgIpc) is 2.74. The lowest BCUT2D eigenvalue weighted by molar-refractivity contribution is -0.384. The molecule has 1 heterocycles. The number of nitro benzene ring substituents is 1. The topological polar surface area (TPSA) is 85.1 Å². The molecule has 0 bridgehead atoms. The van der Waals surface area contributed by atoms with E-state index >= 15 is 0 Å². The van der Waals surface area contributed by atoms with Gasteiger partial charge >= 0.3 is 0 Å². The highest BCUT2D eigenvalue weighted by Gasteiger charge is 2.17. The van der Waals surface area contributed by atoms with Crippen LogP contribution in [0, 0.1) is 17.0 Å². The van der Waals surface area contributed by atoms with Crippen LogP contribution in [0.2, 0.25) is 5.02 Å². The third-order valence-electron chi connectivity index (χ3n) is 4.79. The lowest BCUT2D eigenvalue weighted by Gasteiger charge is -2.12. The number of pyridine rings is 1. The fourth-order valence-corrected chi connectivity index (χ4v) is 3.44. The lowest BCUT2D eigenvalue weighted by Crippen LogP contribution is -2.13. The highest BCUT2D eigenvalue weighted by atomic mass is 35.5. The van der Waals surface area contributed by atoms with Gasteiger partial charge in [0.1, 0.15) is 0 Å². The number of amides is 1. The summed E-state index contributed by atoms with van der Waals surface area (Å²) in [5, 5.41) is 14.7. The fraction of sp³-hybridized carbons (Fsp3) is 0.0435. The van der Waals surface area contributed by atoms with Gasteiger partial charge in [-0.2, -0.15) is 0 Å². The van der Waals surface area contributed by atoms with Gasteiger partial charge in [-0.15, -0.1) is 0 Å². The number of aromatic nitrogens is 1. The lowest BCUT2D eigenvalue weighted by atomic mass is 10.0. The van der Waals surface area contributed by atoms with E-state index in [0.717, 1.165) is 11.1 Å². The number of aryl methyl sites for hydroxylation is 1. The molecule has 1 N–H and O–H groups in total. The maximum absolute atomic E-state index is 13.2. The molecule has 0 fully saturated rings. The van der Waals surface area contributed by atoms with Gasteiger partial charge in [-0.1, -0.05) is 54.1 Å². The number of para-hydroxylation sites is 1. The van der Waals surface area contributed by atoms with Crippen LogP contribution in [0.1, 0.15) is 15.9 Å². The highest BCUT2D eigenvalue weighted by Crippen LogP contribution is 2.30. The first-order valence-electron chi connectivity index (χ1n) is 9.15. The Labute approximate surface area is 177 Å². The fourth-order valence-electron chi connectivity index (χ4n) is 3.27. The molecule has 0 saturated heterocycles. The maximum Gasteiger partial charge on any atom is 0.271 e. The average molecular weight is 418 g/mol. The molecule has 7 heteroatoms. The van der Waals surface area contributed by atoms with Crippen molar-refractivity contribution in [3.8, 4) is 11.3 Å². The van der Waals surface area contributed by atoms with Crippen LogP contribution in [-0.2, 0) is 0 Å². The molecule has 6 nitrogen and oxygen atoms in total. The summed E-state index contributed by atoms with van der Waals surface area (Å²) >= 11 is 6.15. The molecule has 0 spiro atoms. The molecule has 0 aliphatic heterocycles. The summed E-state index contributed by atoms with van der Waals surface area (Å²) in [6.45, 7) is 1.98. The molecule has 3 aromatic carbocycles. The van der Waals surface area contributed by atoms with Gasteiger partial charge in [0.2, 0.25) is 0 Å². The highest BCUT2D eigenvalue weighted by molar-refractivity contribution is 6.34. The Hall–Kier alpha value is -3.77. The minimum absolute atomic E-state index is 0.158. The number of anilines is 1. The molecule has 4 aromatic rings. The number of carbonyl (C=O) groups excluding carboxylic acids is 1. The van der Waals surface area contributed by atoms with Gasteiger partial charge in [-0.3, -0.25) is 14.9 Å². The largest absolute Gasteiger partial charge is 0.320 e. The Bertz CT molecular complexity index is 1300. The van der Waals surface area contributed by atoms with E-state index in [9.17, 15) is 14.9 Å². The number of nitrogens with one attached hydrogen (secondary N) is 1. The number of carbonyl (C=O) groups is 1. The van der Waals surface area contributed by atoms with Gasteiger partial charge in [-0.05, 0) is 30.7 Å². The first-order valence-corrected chi connectivity index (χ1v) is 9.53. The van der Waals surface area contributed by atoms with Gasteiger partial charge < -0.3 is 5.32 Å². The number of hydrogen-bond donors (Lipinski definition) is 1. The van der Waals surface area contributed by atoms with E-state index in [0.29, 0.717) is 22.2 Å². The predicted octanol–water partition coefficient (Wildman–Crippen LogP) is 6.02. The molecule has 0 atom stereocenters. The first-order chi connectivity index (χ1) is 14.4. The molecular formula is C23H16ClN3O3. The van der Waals surface area contributed by atoms with E-state index < -0.39 is 10.8 Å². The van der Waals surface area contributed by atoms with Crippen molar-refractivity contribution in [1.82, 2.24) is 4.98 Å². The van der Waals surface area contributed by atoms with Crippen LogP contribution in [0.25, 0.3) is 22.2 Å². The zero-order valence-corrected chi connectivity index (χ0v) is 16.7. The predicted molar refractivity (Wildman–Crippen MR) is 118 cm³/mol. The van der Waals surface area contributed by atoms with Gasteiger partial charge in [0, 0.05) is 23.1 Å². The molecule has 0 radical (unpaired) electrons. The molecule has 0 aliphatic rings. The van der Waals surface area contributed by atoms with Gasteiger partial charge in [0.15, 0.2) is 0 Å². The van der Waals surface area contributed by atoms with Crippen molar-refractivity contribution in [2.45, 2.75) is 6.92 Å². The van der Waals surface area contributed by atoms with Crippen LogP contribution < -0.4 is 5.32 Å². The van der Waals surface area contributed by atoms with E-state index in [1.165, 1.54) is 18.2 Å². The quantitative estimate of drug-likeness (QED) is 0.324. The normalized spacial score (nSPS) is 10.7. The molecule has 148 valence electrons. The second-order valence-corrected chi connectivity index (χ2v) is 7.17. The number of fused-ring (bicyclic) bond motifs is 1. The van der Waals surface area contributed by atoms with Gasteiger partial charge in [0.25, 0.3) is 11.6 Å². The Morgan fingerprint density at radius 2 is 1.77 bits per heavy atom. The molecule has 1 amide bonds. The van der Waals surface area contributed by atoms with Crippen molar-refractivity contribution in [2.75, 3.05) is 5.32 Å². The van der Waals surface area contributed by atoms with E-state index in [2.05, 4.69) is 5.32 Å². The minimum Gasteiger partial charge on any atom is -0.320 e. The number of rotatable bonds is 4. The number of benzene rings is 3. The van der Waals surface area contributed by atoms with Crippen molar-refractivity contribution >= 4 is 39.8 Å². The number of halogens is 1. The van der Waals surface area contributed by atoms with Crippen LogP contribution in [0.3, 0.4) is 0 Å². The van der Waals surface area contributed by atoms with Gasteiger partial charge in [-0.25, -0.2) is 4.98 Å². The Morgan fingerprint density at radius 1 is 1.03 bits per heavy atom. The number of nitro groups is 1. The Balaban J connectivity index is 1.82. The van der Waals surface area contributed by atoms with E-state index in [1.807, 2.05) is 55.5 Å². The van der Waals surface area contributed by atoms with Crippen molar-refractivity contribution in [1.29, 1.82) is 0 Å². The summed E-state index contributed by atoms with van der Waals surface area (Å²) in [5.41, 5.74) is 3.72. The summed E-state index contributed by atoms with van der Waals surface area (Å²) < 4.78 is 0. The van der Waals surface area contributed by atoms with Crippen LogP contribution in [-0.4, -0.2) is 15.8 Å². The van der Waals surface area contributed by atoms with E-state index in [4.69, 9.17) is 16.6 Å². The Morgan fingerprint density at radius 3 is 2.53 bits per heavy atom. The summed E-state index contributed by atoms with van der Waals surface area (Å²) in [4.78, 5) is 28.4. The van der Waals surface area contributed by atoms with Crippen LogP contribution in [0.15, 0.2) is 72.8 Å². The molecule has 30 heavy (non-hydrogen) atoms. The SMILES string of the molecule is Cc1ccccc1-c1cc(C(=O)Nc2cc([N+](=O)[O-])ccc2Cl)c2ccccc2n1. The van der Waals surface area contributed by atoms with Crippen LogP contribution in [0.4, 0.5) is 11.4 Å². The minimum atomic E-state index is -0.538. The number of nitrogens with zero attached hydrogens (tertiary/aromatic N) is 2. The summed E-state index contributed by atoms with van der Waals surface area (Å²) in [5.74, 6) is -0.425. The van der Waals surface area contributed by atoms with Crippen molar-refractivity contribution < 1.29 is 9.72 Å². The molecule has 1 aromatic heterocycles.